The lowest BCUT2D eigenvalue weighted by Crippen LogP contribution is -2.36. The first kappa shape index (κ1) is 28.7. The first-order valence-corrected chi connectivity index (χ1v) is 15.8. The van der Waals surface area contributed by atoms with Gasteiger partial charge in [0.2, 0.25) is 9.76 Å². The Morgan fingerprint density at radius 1 is 0.756 bits per heavy atom. The Morgan fingerprint density at radius 3 is 2.04 bits per heavy atom. The van der Waals surface area contributed by atoms with E-state index in [-0.39, 0.29) is 14.8 Å². The predicted molar refractivity (Wildman–Crippen MR) is 178 cm³/mol. The van der Waals surface area contributed by atoms with Crippen LogP contribution in [0, 0.1) is 6.92 Å². The van der Waals surface area contributed by atoms with E-state index in [0.29, 0.717) is 33.7 Å². The SMILES string of the molecule is Cc1nc2ccc(C(O[Si]C(C)(C)C)(c3ccccc3)c3ccccc3)cn2c1C1=C(c2c[nH]c3ccccc23)C(=O)NC1=O. The van der Waals surface area contributed by atoms with Gasteiger partial charge in [-0.25, -0.2) is 4.98 Å². The number of aromatic nitrogens is 3. The molecule has 0 saturated carbocycles. The van der Waals surface area contributed by atoms with E-state index in [1.165, 1.54) is 0 Å². The van der Waals surface area contributed by atoms with Crippen molar-refractivity contribution in [3.63, 3.8) is 0 Å². The molecule has 4 heterocycles. The number of carbonyl (C=O) groups is 2. The molecule has 2 radical (unpaired) electrons. The molecule has 0 fully saturated rings. The number of hydrogen-bond donors (Lipinski definition) is 2. The van der Waals surface area contributed by atoms with Crippen LogP contribution in [0.15, 0.2) is 109 Å². The van der Waals surface area contributed by atoms with E-state index >= 15 is 0 Å². The van der Waals surface area contributed by atoms with Gasteiger partial charge in [-0.3, -0.25) is 19.3 Å². The first-order valence-electron chi connectivity index (χ1n) is 14.9. The van der Waals surface area contributed by atoms with Gasteiger partial charge < -0.3 is 9.41 Å². The molecule has 2 amide bonds. The number of hydrogen-bond acceptors (Lipinski definition) is 4. The quantitative estimate of drug-likeness (QED) is 0.154. The second-order valence-electron chi connectivity index (χ2n) is 12.3. The van der Waals surface area contributed by atoms with Crippen molar-refractivity contribution in [2.24, 2.45) is 0 Å². The number of para-hydroxylation sites is 1. The molecule has 0 saturated heterocycles. The minimum Gasteiger partial charge on any atom is -0.400 e. The fourth-order valence-electron chi connectivity index (χ4n) is 6.14. The summed E-state index contributed by atoms with van der Waals surface area (Å²) >= 11 is 0. The highest BCUT2D eigenvalue weighted by Crippen LogP contribution is 2.43. The number of nitrogens with one attached hydrogen (secondary N) is 2. The van der Waals surface area contributed by atoms with E-state index < -0.39 is 17.4 Å². The van der Waals surface area contributed by atoms with Crippen LogP contribution in [0.2, 0.25) is 5.04 Å². The Kier molecular flexibility index (Phi) is 6.91. The van der Waals surface area contributed by atoms with Gasteiger partial charge in [-0.2, -0.15) is 0 Å². The van der Waals surface area contributed by atoms with Crippen molar-refractivity contribution in [2.75, 3.05) is 0 Å². The number of benzene rings is 3. The molecule has 7 rings (SSSR count). The summed E-state index contributed by atoms with van der Waals surface area (Å²) in [5, 5.41) is 3.33. The molecule has 6 aromatic rings. The van der Waals surface area contributed by atoms with Crippen molar-refractivity contribution in [3.8, 4) is 0 Å². The second-order valence-corrected chi connectivity index (χ2v) is 14.2. The Labute approximate surface area is 263 Å². The monoisotopic (exact) mass is 608 g/mol. The molecule has 3 aromatic heterocycles. The molecule has 1 aliphatic rings. The van der Waals surface area contributed by atoms with E-state index in [0.717, 1.165) is 27.6 Å². The van der Waals surface area contributed by atoms with Gasteiger partial charge in [0.25, 0.3) is 11.8 Å². The molecule has 0 unspecified atom stereocenters. The molecule has 0 spiro atoms. The minimum absolute atomic E-state index is 0.0863. The third-order valence-corrected chi connectivity index (χ3v) is 9.12. The number of imidazole rings is 1. The van der Waals surface area contributed by atoms with Crippen LogP contribution in [0.3, 0.4) is 0 Å². The number of aryl methyl sites for hydroxylation is 1. The van der Waals surface area contributed by atoms with E-state index in [9.17, 15) is 9.59 Å². The molecule has 3 aromatic carbocycles. The Hall–Kier alpha value is -5.05. The highest BCUT2D eigenvalue weighted by molar-refractivity contribution is 6.50. The summed E-state index contributed by atoms with van der Waals surface area (Å²) in [5.41, 5.74) is 5.96. The van der Waals surface area contributed by atoms with Crippen LogP contribution in [0.25, 0.3) is 27.7 Å². The predicted octanol–water partition coefficient (Wildman–Crippen LogP) is 6.84. The van der Waals surface area contributed by atoms with Gasteiger partial charge in [0.05, 0.1) is 22.5 Å². The van der Waals surface area contributed by atoms with Crippen molar-refractivity contribution < 1.29 is 14.0 Å². The molecular weight excluding hydrogens is 577 g/mol. The zero-order valence-corrected chi connectivity index (χ0v) is 26.5. The normalized spacial score (nSPS) is 14.1. The second kappa shape index (κ2) is 10.8. The third kappa shape index (κ3) is 4.83. The molecule has 8 heteroatoms. The average molecular weight is 609 g/mol. The Bertz CT molecular complexity index is 2080. The Morgan fingerprint density at radius 2 is 1.38 bits per heavy atom. The number of aromatic amines is 1. The number of amides is 2. The van der Waals surface area contributed by atoms with Gasteiger partial charge >= 0.3 is 0 Å². The summed E-state index contributed by atoms with van der Waals surface area (Å²) in [7, 11) is 0.172. The largest absolute Gasteiger partial charge is 0.400 e. The number of carbonyl (C=O) groups excluding carboxylic acids is 2. The molecular formula is C37H32N4O3Si. The van der Waals surface area contributed by atoms with Gasteiger partial charge in [0.15, 0.2) is 0 Å². The average Bonchev–Trinajstić information content (AvgIpc) is 3.69. The zero-order chi connectivity index (χ0) is 31.3. The number of imide groups is 1. The lowest BCUT2D eigenvalue weighted by atomic mass is 9.81. The van der Waals surface area contributed by atoms with Gasteiger partial charge in [-0.15, -0.1) is 0 Å². The Balaban J connectivity index is 1.51. The first-order chi connectivity index (χ1) is 21.7. The highest BCUT2D eigenvalue weighted by atomic mass is 28.2. The van der Waals surface area contributed by atoms with Crippen LogP contribution < -0.4 is 5.32 Å². The number of nitrogens with zero attached hydrogens (tertiary/aromatic N) is 2. The van der Waals surface area contributed by atoms with Crippen LogP contribution in [-0.4, -0.2) is 35.9 Å². The summed E-state index contributed by atoms with van der Waals surface area (Å²) in [6.45, 7) is 8.38. The zero-order valence-electron chi connectivity index (χ0n) is 25.5. The van der Waals surface area contributed by atoms with Crippen molar-refractivity contribution in [1.82, 2.24) is 19.7 Å². The molecule has 0 aliphatic carbocycles. The molecule has 1 aliphatic heterocycles. The molecule has 222 valence electrons. The fraction of sp³-hybridized carbons (Fsp3) is 0.162. The number of pyridine rings is 1. The van der Waals surface area contributed by atoms with Crippen molar-refractivity contribution in [2.45, 2.75) is 38.3 Å². The summed E-state index contributed by atoms with van der Waals surface area (Å²) in [4.78, 5) is 35.1. The topological polar surface area (TPSA) is 88.5 Å². The van der Waals surface area contributed by atoms with E-state index in [2.05, 4.69) is 55.3 Å². The van der Waals surface area contributed by atoms with E-state index in [1.807, 2.05) is 90.3 Å². The molecule has 7 nitrogen and oxygen atoms in total. The third-order valence-electron chi connectivity index (χ3n) is 8.10. The van der Waals surface area contributed by atoms with Crippen LogP contribution in [0.5, 0.6) is 0 Å². The maximum atomic E-state index is 13.6. The summed E-state index contributed by atoms with van der Waals surface area (Å²) in [6.07, 6.45) is 3.80. The number of fused-ring (bicyclic) bond motifs is 2. The minimum atomic E-state index is -0.959. The fourth-order valence-corrected chi connectivity index (χ4v) is 6.95. The van der Waals surface area contributed by atoms with Gasteiger partial charge in [-0.1, -0.05) is 106 Å². The van der Waals surface area contributed by atoms with Gasteiger partial charge in [-0.05, 0) is 35.2 Å². The molecule has 45 heavy (non-hydrogen) atoms. The highest BCUT2D eigenvalue weighted by Gasteiger charge is 2.40. The van der Waals surface area contributed by atoms with Crippen LogP contribution in [0.1, 0.15) is 54.4 Å². The van der Waals surface area contributed by atoms with Gasteiger partial charge in [0.1, 0.15) is 11.2 Å². The lowest BCUT2D eigenvalue weighted by molar-refractivity contribution is -0.122. The van der Waals surface area contributed by atoms with Crippen LogP contribution >= 0.6 is 0 Å². The van der Waals surface area contributed by atoms with Crippen molar-refractivity contribution in [3.05, 3.63) is 143 Å². The maximum absolute atomic E-state index is 13.6. The lowest BCUT2D eigenvalue weighted by Gasteiger charge is -2.38. The number of rotatable bonds is 7. The van der Waals surface area contributed by atoms with Crippen molar-refractivity contribution in [1.29, 1.82) is 0 Å². The maximum Gasteiger partial charge on any atom is 0.261 e. The summed E-state index contributed by atoms with van der Waals surface area (Å²) in [5.74, 6) is -0.874. The van der Waals surface area contributed by atoms with Crippen LogP contribution in [0.4, 0.5) is 0 Å². The number of H-pyrrole nitrogens is 1. The standard InChI is InChI=1S/C37H32N4O3Si/c1-23-33(32-31(34(42)40-35(32)43)28-21-38-29-18-12-11-17-27(28)29)41-22-26(19-20-30(41)39-23)37(44-45-36(2,3)4,24-13-7-5-8-14-24)25-15-9-6-10-16-25/h5-22,38H,1-4H3,(H,40,42,43). The molecule has 0 atom stereocenters. The van der Waals surface area contributed by atoms with Crippen LogP contribution in [-0.2, 0) is 19.6 Å². The van der Waals surface area contributed by atoms with Crippen molar-refractivity contribution >= 4 is 49.3 Å². The smallest absolute Gasteiger partial charge is 0.261 e. The summed E-state index contributed by atoms with van der Waals surface area (Å²) in [6, 6.07) is 32.2. The van der Waals surface area contributed by atoms with E-state index in [4.69, 9.17) is 9.41 Å². The van der Waals surface area contributed by atoms with Gasteiger partial charge in [0, 0.05) is 34.4 Å². The summed E-state index contributed by atoms with van der Waals surface area (Å²) < 4.78 is 9.01. The van der Waals surface area contributed by atoms with E-state index in [1.54, 1.807) is 6.20 Å². The molecule has 0 bridgehead atoms. The molecule has 2 N–H and O–H groups in total.